The number of carbonyl (C=O) groups is 3. The molecule has 1 unspecified atom stereocenters. The molecule has 0 bridgehead atoms. The third kappa shape index (κ3) is 2.81. The molecule has 2 heterocycles. The van der Waals surface area contributed by atoms with E-state index in [2.05, 4.69) is 0 Å². The number of benzene rings is 1. The van der Waals surface area contributed by atoms with Crippen molar-refractivity contribution >= 4 is 29.5 Å². The Morgan fingerprint density at radius 2 is 1.96 bits per heavy atom. The first kappa shape index (κ1) is 15.9. The van der Waals surface area contributed by atoms with E-state index in [1.165, 1.54) is 12.1 Å². The molecule has 2 saturated heterocycles. The molecule has 2 amide bonds. The number of aromatic carboxylic acids is 1. The van der Waals surface area contributed by atoms with E-state index < -0.39 is 12.0 Å². The molecule has 1 aromatic carbocycles. The number of nitrogens with zero attached hydrogens (tertiary/aromatic N) is 2. The quantitative estimate of drug-likeness (QED) is 0.904. The number of carboxylic acid groups (broad SMARTS) is 1. The van der Waals surface area contributed by atoms with E-state index in [1.54, 1.807) is 33.7 Å². The Balaban J connectivity index is 1.76. The van der Waals surface area contributed by atoms with E-state index in [-0.39, 0.29) is 28.8 Å². The summed E-state index contributed by atoms with van der Waals surface area (Å²) in [7, 11) is 0. The summed E-state index contributed by atoms with van der Waals surface area (Å²) in [4.78, 5) is 38.8. The van der Waals surface area contributed by atoms with Crippen molar-refractivity contribution in [3.63, 3.8) is 0 Å². The number of thioether (sulfide) groups is 1. The predicted octanol–water partition coefficient (Wildman–Crippen LogP) is 1.41. The maximum Gasteiger partial charge on any atom is 0.335 e. The highest BCUT2D eigenvalue weighted by Gasteiger charge is 2.50. The number of amides is 2. The van der Waals surface area contributed by atoms with Crippen molar-refractivity contribution in [1.29, 1.82) is 0 Å². The molecule has 3 rings (SSSR count). The predicted molar refractivity (Wildman–Crippen MR) is 86.0 cm³/mol. The second-order valence-corrected chi connectivity index (χ2v) is 7.85. The molecule has 0 saturated carbocycles. The fourth-order valence-corrected chi connectivity index (χ4v) is 4.32. The minimum atomic E-state index is -0.985. The van der Waals surface area contributed by atoms with Crippen LogP contribution in [0.15, 0.2) is 24.3 Å². The molecule has 2 aliphatic rings. The zero-order valence-electron chi connectivity index (χ0n) is 13.0. The van der Waals surface area contributed by atoms with Gasteiger partial charge in [0.2, 0.25) is 11.8 Å². The van der Waals surface area contributed by atoms with Gasteiger partial charge in [-0.25, -0.2) is 4.79 Å². The Kier molecular flexibility index (Phi) is 3.83. The maximum absolute atomic E-state index is 12.6. The second kappa shape index (κ2) is 5.56. The zero-order chi connectivity index (χ0) is 16.8. The van der Waals surface area contributed by atoms with Crippen molar-refractivity contribution in [1.82, 2.24) is 9.80 Å². The molecule has 0 spiro atoms. The number of piperazine rings is 1. The topological polar surface area (TPSA) is 77.9 Å². The van der Waals surface area contributed by atoms with Crippen LogP contribution < -0.4 is 0 Å². The number of carbonyl (C=O) groups excluding carboxylic acids is 2. The largest absolute Gasteiger partial charge is 0.478 e. The standard InChI is InChI=1S/C16H18N2O4S/c1-16(2)18-12(9-23-16)14(20)17(8-13(18)19)7-10-3-5-11(6-4-10)15(21)22/h3-6,12H,7-9H2,1-2H3,(H,21,22). The van der Waals surface area contributed by atoms with Crippen LogP contribution in [0.1, 0.15) is 29.8 Å². The molecule has 7 heteroatoms. The van der Waals surface area contributed by atoms with Gasteiger partial charge in [0.25, 0.3) is 0 Å². The molecule has 2 fully saturated rings. The Hall–Kier alpha value is -2.02. The van der Waals surface area contributed by atoms with Crippen molar-refractivity contribution in [3.05, 3.63) is 35.4 Å². The second-order valence-electron chi connectivity index (χ2n) is 6.23. The van der Waals surface area contributed by atoms with Gasteiger partial charge in [0.15, 0.2) is 0 Å². The van der Waals surface area contributed by atoms with E-state index in [0.29, 0.717) is 12.3 Å². The van der Waals surface area contributed by atoms with Crippen LogP contribution >= 0.6 is 11.8 Å². The third-order valence-electron chi connectivity index (χ3n) is 4.25. The van der Waals surface area contributed by atoms with Gasteiger partial charge in [-0.2, -0.15) is 0 Å². The monoisotopic (exact) mass is 334 g/mol. The molecule has 0 aliphatic carbocycles. The fourth-order valence-electron chi connectivity index (χ4n) is 3.09. The van der Waals surface area contributed by atoms with E-state index in [9.17, 15) is 14.4 Å². The van der Waals surface area contributed by atoms with Gasteiger partial charge in [-0.15, -0.1) is 11.8 Å². The first-order chi connectivity index (χ1) is 10.8. The molecular weight excluding hydrogens is 316 g/mol. The summed E-state index contributed by atoms with van der Waals surface area (Å²) in [5, 5.41) is 8.91. The van der Waals surface area contributed by atoms with Gasteiger partial charge in [0.05, 0.1) is 10.4 Å². The van der Waals surface area contributed by atoms with Crippen LogP contribution in [-0.2, 0) is 16.1 Å². The molecule has 122 valence electrons. The molecule has 6 nitrogen and oxygen atoms in total. The molecular formula is C16H18N2O4S. The molecule has 2 aliphatic heterocycles. The molecule has 0 radical (unpaired) electrons. The van der Waals surface area contributed by atoms with E-state index in [4.69, 9.17) is 5.11 Å². The molecule has 1 N–H and O–H groups in total. The SMILES string of the molecule is CC1(C)SCC2C(=O)N(Cc3ccc(C(=O)O)cc3)CC(=O)N21. The van der Waals surface area contributed by atoms with Crippen LogP contribution in [0.4, 0.5) is 0 Å². The van der Waals surface area contributed by atoms with Gasteiger partial charge < -0.3 is 14.9 Å². The van der Waals surface area contributed by atoms with Crippen molar-refractivity contribution in [2.45, 2.75) is 31.3 Å². The highest BCUT2D eigenvalue weighted by molar-refractivity contribution is 8.00. The molecule has 1 aromatic rings. The zero-order valence-corrected chi connectivity index (χ0v) is 13.8. The molecule has 0 aromatic heterocycles. The Labute approximate surface area is 138 Å². The minimum absolute atomic E-state index is 0.0354. The summed E-state index contributed by atoms with van der Waals surface area (Å²) in [5.74, 6) is -0.440. The van der Waals surface area contributed by atoms with Gasteiger partial charge in [0, 0.05) is 12.3 Å². The van der Waals surface area contributed by atoms with Crippen LogP contribution in [0.5, 0.6) is 0 Å². The number of fused-ring (bicyclic) bond motifs is 1. The van der Waals surface area contributed by atoms with Gasteiger partial charge in [-0.3, -0.25) is 9.59 Å². The number of carboxylic acids is 1. The smallest absolute Gasteiger partial charge is 0.335 e. The minimum Gasteiger partial charge on any atom is -0.478 e. The normalized spacial score (nSPS) is 23.1. The summed E-state index contributed by atoms with van der Waals surface area (Å²) in [6.45, 7) is 4.31. The lowest BCUT2D eigenvalue weighted by molar-refractivity contribution is -0.157. The maximum atomic E-state index is 12.6. The highest BCUT2D eigenvalue weighted by Crippen LogP contribution is 2.41. The Morgan fingerprint density at radius 1 is 1.30 bits per heavy atom. The lowest BCUT2D eigenvalue weighted by atomic mass is 10.1. The fraction of sp³-hybridized carbons (Fsp3) is 0.438. The molecule has 1 atom stereocenters. The third-order valence-corrected chi connectivity index (χ3v) is 5.64. The van der Waals surface area contributed by atoms with Crippen molar-refractivity contribution in [3.8, 4) is 0 Å². The summed E-state index contributed by atoms with van der Waals surface area (Å²) >= 11 is 1.62. The first-order valence-electron chi connectivity index (χ1n) is 7.37. The van der Waals surface area contributed by atoms with Crippen LogP contribution in [0.2, 0.25) is 0 Å². The van der Waals surface area contributed by atoms with E-state index in [1.807, 2.05) is 13.8 Å². The average molecular weight is 334 g/mol. The Bertz CT molecular complexity index is 671. The van der Waals surface area contributed by atoms with E-state index >= 15 is 0 Å². The first-order valence-corrected chi connectivity index (χ1v) is 8.35. The summed E-state index contributed by atoms with van der Waals surface area (Å²) in [6, 6.07) is 5.99. The number of hydrogen-bond donors (Lipinski definition) is 1. The summed E-state index contributed by atoms with van der Waals surface area (Å²) in [6.07, 6.45) is 0. The number of rotatable bonds is 3. The number of hydrogen-bond acceptors (Lipinski definition) is 4. The Morgan fingerprint density at radius 3 is 2.57 bits per heavy atom. The van der Waals surface area contributed by atoms with Gasteiger partial charge in [0.1, 0.15) is 12.6 Å². The van der Waals surface area contributed by atoms with Gasteiger partial charge in [-0.05, 0) is 31.5 Å². The summed E-state index contributed by atoms with van der Waals surface area (Å²) < 4.78 is 0. The summed E-state index contributed by atoms with van der Waals surface area (Å²) in [5.41, 5.74) is 1.02. The van der Waals surface area contributed by atoms with Gasteiger partial charge >= 0.3 is 5.97 Å². The van der Waals surface area contributed by atoms with Crippen LogP contribution in [0, 0.1) is 0 Å². The van der Waals surface area contributed by atoms with Crippen molar-refractivity contribution < 1.29 is 19.5 Å². The molecule has 23 heavy (non-hydrogen) atoms. The van der Waals surface area contributed by atoms with Crippen molar-refractivity contribution in [2.75, 3.05) is 12.3 Å². The van der Waals surface area contributed by atoms with Gasteiger partial charge in [-0.1, -0.05) is 12.1 Å². The lowest BCUT2D eigenvalue weighted by Gasteiger charge is -2.41. The van der Waals surface area contributed by atoms with Crippen LogP contribution in [0.3, 0.4) is 0 Å². The van der Waals surface area contributed by atoms with E-state index in [0.717, 1.165) is 5.56 Å². The van der Waals surface area contributed by atoms with Crippen LogP contribution in [0.25, 0.3) is 0 Å². The van der Waals surface area contributed by atoms with Crippen molar-refractivity contribution in [2.24, 2.45) is 0 Å². The average Bonchev–Trinajstić information content (AvgIpc) is 2.81. The lowest BCUT2D eigenvalue weighted by Crippen LogP contribution is -2.61. The highest BCUT2D eigenvalue weighted by atomic mass is 32.2. The van der Waals surface area contributed by atoms with Crippen LogP contribution in [-0.4, -0.2) is 55.9 Å².